The van der Waals surface area contributed by atoms with Crippen molar-refractivity contribution in [2.75, 3.05) is 12.9 Å². The SMILES string of the molecule is CC(C)(C)OC(=O)NC[C@H](N)C(=O)O.CCl. The van der Waals surface area contributed by atoms with E-state index in [4.69, 9.17) is 15.6 Å². The maximum atomic E-state index is 11.0. The van der Waals surface area contributed by atoms with Gasteiger partial charge in [-0.3, -0.25) is 4.79 Å². The standard InChI is InChI=1S/C8H16N2O4.CH3Cl/c1-8(2,3)14-7(13)10-4-5(9)6(11)12;1-2/h5H,4,9H2,1-3H3,(H,10,13)(H,11,12);1H3/t5-;/m0./s1. The zero-order valence-corrected chi connectivity index (χ0v) is 10.7. The highest BCUT2D eigenvalue weighted by Gasteiger charge is 2.18. The van der Waals surface area contributed by atoms with Gasteiger partial charge in [-0.1, -0.05) is 0 Å². The quantitative estimate of drug-likeness (QED) is 0.646. The monoisotopic (exact) mass is 254 g/mol. The number of carbonyl (C=O) groups excluding carboxylic acids is 1. The van der Waals surface area contributed by atoms with Crippen molar-refractivity contribution in [3.63, 3.8) is 0 Å². The summed E-state index contributed by atoms with van der Waals surface area (Å²) in [6.07, 6.45) is 0.800. The maximum Gasteiger partial charge on any atom is 0.407 e. The molecule has 7 heteroatoms. The molecule has 0 aliphatic heterocycles. The summed E-state index contributed by atoms with van der Waals surface area (Å²) < 4.78 is 4.87. The van der Waals surface area contributed by atoms with Crippen molar-refractivity contribution in [1.29, 1.82) is 0 Å². The topological polar surface area (TPSA) is 102 Å². The molecule has 4 N–H and O–H groups in total. The van der Waals surface area contributed by atoms with E-state index in [1.165, 1.54) is 6.38 Å². The van der Waals surface area contributed by atoms with Gasteiger partial charge in [0.1, 0.15) is 11.6 Å². The summed E-state index contributed by atoms with van der Waals surface area (Å²) in [5.41, 5.74) is 4.56. The summed E-state index contributed by atoms with van der Waals surface area (Å²) in [5, 5.41) is 10.7. The third kappa shape index (κ3) is 11.1. The van der Waals surface area contributed by atoms with Gasteiger partial charge in [-0.05, 0) is 20.8 Å². The second kappa shape index (κ2) is 8.18. The van der Waals surface area contributed by atoms with E-state index in [2.05, 4.69) is 16.9 Å². The van der Waals surface area contributed by atoms with E-state index < -0.39 is 23.7 Å². The fraction of sp³-hybridized carbons (Fsp3) is 0.778. The zero-order valence-electron chi connectivity index (χ0n) is 9.91. The molecule has 0 aliphatic carbocycles. The summed E-state index contributed by atoms with van der Waals surface area (Å²) >= 11 is 4.64. The van der Waals surface area contributed by atoms with Gasteiger partial charge < -0.3 is 20.9 Å². The highest BCUT2D eigenvalue weighted by Crippen LogP contribution is 2.06. The van der Waals surface area contributed by atoms with Crippen LogP contribution in [0.1, 0.15) is 20.8 Å². The first-order chi connectivity index (χ1) is 7.22. The van der Waals surface area contributed by atoms with Gasteiger partial charge >= 0.3 is 12.1 Å². The lowest BCUT2D eigenvalue weighted by Crippen LogP contribution is -2.44. The van der Waals surface area contributed by atoms with Crippen LogP contribution < -0.4 is 11.1 Å². The zero-order chi connectivity index (χ0) is 13.4. The van der Waals surface area contributed by atoms with Crippen molar-refractivity contribution in [1.82, 2.24) is 5.32 Å². The molecular weight excluding hydrogens is 236 g/mol. The molecule has 0 saturated carbocycles. The fourth-order valence-electron chi connectivity index (χ4n) is 0.595. The molecule has 0 aromatic heterocycles. The lowest BCUT2D eigenvalue weighted by Gasteiger charge is -2.20. The largest absolute Gasteiger partial charge is 0.480 e. The van der Waals surface area contributed by atoms with E-state index in [0.29, 0.717) is 0 Å². The van der Waals surface area contributed by atoms with Crippen LogP contribution in [0.5, 0.6) is 0 Å². The molecule has 0 fully saturated rings. The smallest absolute Gasteiger partial charge is 0.407 e. The maximum absolute atomic E-state index is 11.0. The molecule has 0 radical (unpaired) electrons. The average Bonchev–Trinajstić information content (AvgIpc) is 2.14. The molecular formula is C9H19ClN2O4. The summed E-state index contributed by atoms with van der Waals surface area (Å²) in [5.74, 6) is -1.17. The predicted molar refractivity (Wildman–Crippen MR) is 61.6 cm³/mol. The Morgan fingerprint density at radius 2 is 1.88 bits per heavy atom. The van der Waals surface area contributed by atoms with Crippen LogP contribution in [0.2, 0.25) is 0 Å². The molecule has 0 bridgehead atoms. The molecule has 0 saturated heterocycles. The van der Waals surface area contributed by atoms with Crippen LogP contribution >= 0.6 is 11.6 Å². The normalized spacial score (nSPS) is 11.9. The number of rotatable bonds is 3. The Hall–Kier alpha value is -1.01. The number of ether oxygens (including phenoxy) is 1. The third-order valence-electron chi connectivity index (χ3n) is 1.18. The van der Waals surface area contributed by atoms with Crippen LogP contribution in [0.15, 0.2) is 0 Å². The van der Waals surface area contributed by atoms with Gasteiger partial charge in [-0.2, -0.15) is 0 Å². The first-order valence-electron chi connectivity index (χ1n) is 4.55. The van der Waals surface area contributed by atoms with Gasteiger partial charge in [0.15, 0.2) is 0 Å². The van der Waals surface area contributed by atoms with E-state index in [1.807, 2.05) is 0 Å². The summed E-state index contributed by atoms with van der Waals surface area (Å²) in [7, 11) is 0. The lowest BCUT2D eigenvalue weighted by molar-refractivity contribution is -0.138. The molecule has 0 spiro atoms. The van der Waals surface area contributed by atoms with Gasteiger partial charge in [0.25, 0.3) is 0 Å². The molecule has 16 heavy (non-hydrogen) atoms. The number of carbonyl (C=O) groups is 2. The first kappa shape index (κ1) is 17.4. The third-order valence-corrected chi connectivity index (χ3v) is 1.18. The Balaban J connectivity index is 0. The van der Waals surface area contributed by atoms with Crippen molar-refractivity contribution >= 4 is 23.7 Å². The van der Waals surface area contributed by atoms with Gasteiger partial charge in [0, 0.05) is 12.9 Å². The molecule has 0 aromatic rings. The van der Waals surface area contributed by atoms with Crippen LogP contribution in [-0.4, -0.2) is 41.7 Å². The molecule has 0 heterocycles. The minimum Gasteiger partial charge on any atom is -0.480 e. The molecule has 0 aliphatic rings. The Morgan fingerprint density at radius 1 is 1.44 bits per heavy atom. The minimum absolute atomic E-state index is 0.149. The number of nitrogens with one attached hydrogen (secondary N) is 1. The number of amides is 1. The number of aliphatic carboxylic acids is 1. The number of halogens is 1. The molecule has 1 atom stereocenters. The van der Waals surface area contributed by atoms with Crippen LogP contribution in [-0.2, 0) is 9.53 Å². The van der Waals surface area contributed by atoms with Crippen molar-refractivity contribution in [2.45, 2.75) is 32.4 Å². The number of hydrogen-bond acceptors (Lipinski definition) is 4. The Bertz CT molecular complexity index is 228. The summed E-state index contributed by atoms with van der Waals surface area (Å²) in [4.78, 5) is 21.3. The van der Waals surface area contributed by atoms with E-state index >= 15 is 0 Å². The molecule has 0 aromatic carbocycles. The van der Waals surface area contributed by atoms with Gasteiger partial charge in [0.05, 0.1) is 0 Å². The van der Waals surface area contributed by atoms with E-state index in [0.717, 1.165) is 0 Å². The highest BCUT2D eigenvalue weighted by molar-refractivity contribution is 6.15. The fourth-order valence-corrected chi connectivity index (χ4v) is 0.595. The van der Waals surface area contributed by atoms with Gasteiger partial charge in [-0.25, -0.2) is 4.79 Å². The van der Waals surface area contributed by atoms with Crippen molar-refractivity contribution in [3.05, 3.63) is 0 Å². The molecule has 0 rings (SSSR count). The van der Waals surface area contributed by atoms with Crippen molar-refractivity contribution in [3.8, 4) is 0 Å². The highest BCUT2D eigenvalue weighted by atomic mass is 35.5. The number of carboxylic acid groups (broad SMARTS) is 1. The summed E-state index contributed by atoms with van der Waals surface area (Å²) in [6.45, 7) is 4.99. The van der Waals surface area contributed by atoms with E-state index in [-0.39, 0.29) is 6.54 Å². The minimum atomic E-state index is -1.17. The van der Waals surface area contributed by atoms with E-state index in [9.17, 15) is 9.59 Å². The van der Waals surface area contributed by atoms with Gasteiger partial charge in [-0.15, -0.1) is 11.6 Å². The second-order valence-electron chi connectivity index (χ2n) is 3.83. The molecule has 96 valence electrons. The molecule has 1 amide bonds. The van der Waals surface area contributed by atoms with Crippen LogP contribution in [0.4, 0.5) is 4.79 Å². The number of hydrogen-bond donors (Lipinski definition) is 3. The lowest BCUT2D eigenvalue weighted by atomic mass is 10.2. The molecule has 6 nitrogen and oxygen atoms in total. The van der Waals surface area contributed by atoms with Crippen LogP contribution in [0.3, 0.4) is 0 Å². The van der Waals surface area contributed by atoms with Crippen LogP contribution in [0, 0.1) is 0 Å². The number of alkyl carbamates (subject to hydrolysis) is 1. The number of nitrogens with two attached hydrogens (primary N) is 1. The number of carboxylic acids is 1. The molecule has 0 unspecified atom stereocenters. The number of alkyl halides is 1. The predicted octanol–water partition coefficient (Wildman–Crippen LogP) is 0.778. The van der Waals surface area contributed by atoms with Crippen molar-refractivity contribution < 1.29 is 19.4 Å². The van der Waals surface area contributed by atoms with E-state index in [1.54, 1.807) is 20.8 Å². The van der Waals surface area contributed by atoms with Crippen LogP contribution in [0.25, 0.3) is 0 Å². The van der Waals surface area contributed by atoms with Crippen molar-refractivity contribution in [2.24, 2.45) is 5.73 Å². The summed E-state index contributed by atoms with van der Waals surface area (Å²) in [6, 6.07) is -1.11. The second-order valence-corrected chi connectivity index (χ2v) is 3.83. The Labute approximate surface area is 100 Å². The first-order valence-corrected chi connectivity index (χ1v) is 5.31. The Kier molecular flexibility index (Phi) is 8.89. The Morgan fingerprint density at radius 3 is 2.19 bits per heavy atom. The average molecular weight is 255 g/mol. The van der Waals surface area contributed by atoms with Gasteiger partial charge in [0.2, 0.25) is 0 Å².